The van der Waals surface area contributed by atoms with Crippen LogP contribution in [0.3, 0.4) is 0 Å². The van der Waals surface area contributed by atoms with Crippen LogP contribution >= 0.6 is 22.9 Å². The van der Waals surface area contributed by atoms with Crippen molar-refractivity contribution in [3.63, 3.8) is 0 Å². The summed E-state index contributed by atoms with van der Waals surface area (Å²) in [5.41, 5.74) is 8.35. The van der Waals surface area contributed by atoms with Crippen molar-refractivity contribution < 1.29 is 9.53 Å². The molecule has 7 heteroatoms. The van der Waals surface area contributed by atoms with Gasteiger partial charge in [-0.05, 0) is 36.8 Å². The van der Waals surface area contributed by atoms with E-state index in [0.717, 1.165) is 21.7 Å². The maximum Gasteiger partial charge on any atom is 0.312 e. The molecule has 0 saturated carbocycles. The van der Waals surface area contributed by atoms with E-state index in [1.165, 1.54) is 11.3 Å². The smallest absolute Gasteiger partial charge is 0.312 e. The number of carbonyl (C=O) groups is 1. The van der Waals surface area contributed by atoms with Crippen LogP contribution in [0.1, 0.15) is 11.9 Å². The van der Waals surface area contributed by atoms with Crippen LogP contribution in [0.2, 0.25) is 5.02 Å². The monoisotopic (exact) mass is 373 g/mol. The van der Waals surface area contributed by atoms with E-state index < -0.39 is 0 Å². The molecule has 0 bridgehead atoms. The molecule has 2 heterocycles. The van der Waals surface area contributed by atoms with Gasteiger partial charge in [0, 0.05) is 16.8 Å². The van der Waals surface area contributed by atoms with Gasteiger partial charge >= 0.3 is 5.97 Å². The molecule has 3 rings (SSSR count). The Morgan fingerprint density at radius 1 is 1.28 bits per heavy atom. The number of benzene rings is 1. The maximum atomic E-state index is 11.8. The zero-order valence-corrected chi connectivity index (χ0v) is 15.1. The molecule has 5 nitrogen and oxygen atoms in total. The van der Waals surface area contributed by atoms with Crippen molar-refractivity contribution in [1.82, 2.24) is 9.97 Å². The summed E-state index contributed by atoms with van der Waals surface area (Å²) < 4.78 is 5.02. The summed E-state index contributed by atoms with van der Waals surface area (Å²) in [6.07, 6.45) is 1.78. The first-order valence-corrected chi connectivity index (χ1v) is 8.89. The number of thiazole rings is 1. The minimum Gasteiger partial charge on any atom is -0.466 e. The van der Waals surface area contributed by atoms with Crippen molar-refractivity contribution in [2.75, 3.05) is 12.3 Å². The van der Waals surface area contributed by atoms with Crippen LogP contribution in [0.4, 0.5) is 5.82 Å². The van der Waals surface area contributed by atoms with Crippen LogP contribution < -0.4 is 5.73 Å². The van der Waals surface area contributed by atoms with Gasteiger partial charge in [-0.2, -0.15) is 0 Å². The molecule has 25 heavy (non-hydrogen) atoms. The number of nitrogen functional groups attached to an aromatic ring is 1. The number of nitrogens with zero attached hydrogens (tertiary/aromatic N) is 2. The predicted octanol–water partition coefficient (Wildman–Crippen LogP) is 4.21. The first-order chi connectivity index (χ1) is 12.1. The van der Waals surface area contributed by atoms with Gasteiger partial charge in [-0.25, -0.2) is 9.97 Å². The number of nitrogens with two attached hydrogens (primary N) is 1. The van der Waals surface area contributed by atoms with E-state index in [2.05, 4.69) is 9.97 Å². The molecule has 0 spiro atoms. The molecule has 0 unspecified atom stereocenters. The quantitative estimate of drug-likeness (QED) is 0.677. The van der Waals surface area contributed by atoms with E-state index in [4.69, 9.17) is 22.1 Å². The Labute approximate surface area is 154 Å². The topological polar surface area (TPSA) is 78.1 Å². The van der Waals surface area contributed by atoms with E-state index in [1.54, 1.807) is 25.3 Å². The molecular weight excluding hydrogens is 358 g/mol. The first-order valence-electron chi connectivity index (χ1n) is 7.70. The lowest BCUT2D eigenvalue weighted by atomic mass is 10.1. The third-order valence-electron chi connectivity index (χ3n) is 3.41. The van der Waals surface area contributed by atoms with Crippen LogP contribution in [-0.4, -0.2) is 22.5 Å². The number of esters is 1. The number of hydrogen-bond donors (Lipinski definition) is 1. The number of carbonyl (C=O) groups excluding carboxylic acids is 1. The number of anilines is 1. The fourth-order valence-corrected chi connectivity index (χ4v) is 3.65. The molecule has 0 atom stereocenters. The SMILES string of the molecule is CCOC(=O)Cc1nc(-c2cccc(Cl)c2)c(-c2ccnc(N)c2)s1. The van der Waals surface area contributed by atoms with E-state index in [0.29, 0.717) is 22.5 Å². The lowest BCUT2D eigenvalue weighted by Crippen LogP contribution is -2.07. The second kappa shape index (κ2) is 7.63. The Bertz CT molecular complexity index is 848. The van der Waals surface area contributed by atoms with Crippen LogP contribution in [0, 0.1) is 0 Å². The number of halogens is 1. The highest BCUT2D eigenvalue weighted by molar-refractivity contribution is 7.15. The summed E-state index contributed by atoms with van der Waals surface area (Å²) in [6, 6.07) is 11.1. The minimum absolute atomic E-state index is 0.132. The summed E-state index contributed by atoms with van der Waals surface area (Å²) >= 11 is 7.56. The van der Waals surface area contributed by atoms with Gasteiger partial charge in [-0.1, -0.05) is 23.7 Å². The number of rotatable bonds is 5. The summed E-state index contributed by atoms with van der Waals surface area (Å²) in [6.45, 7) is 2.13. The van der Waals surface area contributed by atoms with Crippen LogP contribution in [0.25, 0.3) is 21.7 Å². The lowest BCUT2D eigenvalue weighted by Gasteiger charge is -2.04. The van der Waals surface area contributed by atoms with Crippen molar-refractivity contribution in [3.05, 3.63) is 52.6 Å². The Morgan fingerprint density at radius 2 is 2.12 bits per heavy atom. The Balaban J connectivity index is 2.08. The highest BCUT2D eigenvalue weighted by atomic mass is 35.5. The normalized spacial score (nSPS) is 10.6. The van der Waals surface area contributed by atoms with E-state index >= 15 is 0 Å². The second-order valence-corrected chi connectivity index (χ2v) is 6.77. The maximum absolute atomic E-state index is 11.8. The number of ether oxygens (including phenoxy) is 1. The average Bonchev–Trinajstić information content (AvgIpc) is 2.99. The molecule has 1 aromatic carbocycles. The fourth-order valence-electron chi connectivity index (χ4n) is 2.39. The lowest BCUT2D eigenvalue weighted by molar-refractivity contribution is -0.142. The first kappa shape index (κ1) is 17.4. The van der Waals surface area contributed by atoms with E-state index in [9.17, 15) is 4.79 Å². The molecule has 0 fully saturated rings. The highest BCUT2D eigenvalue weighted by Crippen LogP contribution is 2.38. The van der Waals surface area contributed by atoms with Crippen LogP contribution in [-0.2, 0) is 16.0 Å². The standard InChI is InChI=1S/C18H16ClN3O2S/c1-2-24-16(23)10-15-22-17(11-4-3-5-13(19)8-11)18(25-15)12-6-7-21-14(20)9-12/h3-9H,2,10H2,1H3,(H2,20,21). The summed E-state index contributed by atoms with van der Waals surface area (Å²) in [7, 11) is 0. The summed E-state index contributed by atoms with van der Waals surface area (Å²) in [5.74, 6) is 0.129. The summed E-state index contributed by atoms with van der Waals surface area (Å²) in [4.78, 5) is 21.4. The molecule has 0 aliphatic carbocycles. The molecule has 0 aliphatic heterocycles. The second-order valence-electron chi connectivity index (χ2n) is 5.25. The zero-order valence-electron chi connectivity index (χ0n) is 13.5. The van der Waals surface area contributed by atoms with Gasteiger partial charge in [0.1, 0.15) is 10.8 Å². The highest BCUT2D eigenvalue weighted by Gasteiger charge is 2.18. The third-order valence-corrected chi connectivity index (χ3v) is 4.75. The Hall–Kier alpha value is -2.44. The van der Waals surface area contributed by atoms with E-state index in [1.807, 2.05) is 24.3 Å². The van der Waals surface area contributed by atoms with Gasteiger partial charge in [0.25, 0.3) is 0 Å². The minimum atomic E-state index is -0.297. The molecule has 0 amide bonds. The van der Waals surface area contributed by atoms with Gasteiger partial charge in [-0.15, -0.1) is 11.3 Å². The summed E-state index contributed by atoms with van der Waals surface area (Å²) in [5, 5.41) is 1.30. The van der Waals surface area contributed by atoms with Gasteiger partial charge in [-0.3, -0.25) is 4.79 Å². The van der Waals surface area contributed by atoms with Gasteiger partial charge in [0.15, 0.2) is 0 Å². The van der Waals surface area contributed by atoms with Crippen LogP contribution in [0.5, 0.6) is 0 Å². The van der Waals surface area contributed by atoms with Crippen molar-refractivity contribution in [3.8, 4) is 21.7 Å². The molecule has 0 aliphatic rings. The predicted molar refractivity (Wildman–Crippen MR) is 101 cm³/mol. The number of hydrogen-bond acceptors (Lipinski definition) is 6. The zero-order chi connectivity index (χ0) is 17.8. The molecular formula is C18H16ClN3O2S. The largest absolute Gasteiger partial charge is 0.466 e. The molecule has 0 radical (unpaired) electrons. The third kappa shape index (κ3) is 4.15. The van der Waals surface area contributed by atoms with Crippen molar-refractivity contribution in [2.24, 2.45) is 0 Å². The van der Waals surface area contributed by atoms with Crippen molar-refractivity contribution in [1.29, 1.82) is 0 Å². The average molecular weight is 374 g/mol. The Kier molecular flexibility index (Phi) is 5.31. The van der Waals surface area contributed by atoms with Crippen molar-refractivity contribution in [2.45, 2.75) is 13.3 Å². The van der Waals surface area contributed by atoms with Crippen molar-refractivity contribution >= 4 is 34.7 Å². The van der Waals surface area contributed by atoms with Gasteiger partial charge < -0.3 is 10.5 Å². The molecule has 2 N–H and O–H groups in total. The Morgan fingerprint density at radius 3 is 2.84 bits per heavy atom. The molecule has 2 aromatic heterocycles. The number of aromatic nitrogens is 2. The van der Waals surface area contributed by atoms with E-state index in [-0.39, 0.29) is 12.4 Å². The number of pyridine rings is 1. The van der Waals surface area contributed by atoms with Gasteiger partial charge in [0.05, 0.1) is 23.6 Å². The fraction of sp³-hybridized carbons (Fsp3) is 0.167. The molecule has 3 aromatic rings. The van der Waals surface area contributed by atoms with Crippen LogP contribution in [0.15, 0.2) is 42.6 Å². The van der Waals surface area contributed by atoms with Gasteiger partial charge in [0.2, 0.25) is 0 Å². The molecule has 0 saturated heterocycles. The molecule has 128 valence electrons.